The number of nitrogens with zero attached hydrogens (tertiary/aromatic N) is 2. The molecule has 0 spiro atoms. The zero-order valence-corrected chi connectivity index (χ0v) is 11.6. The topological polar surface area (TPSA) is 61.0 Å². The van der Waals surface area contributed by atoms with Gasteiger partial charge < -0.3 is 10.5 Å². The molecule has 0 atom stereocenters. The maximum Gasteiger partial charge on any atom is 0.242 e. The number of hydrogen-bond acceptors (Lipinski definition) is 4. The van der Waals surface area contributed by atoms with E-state index >= 15 is 0 Å². The van der Waals surface area contributed by atoms with Crippen molar-refractivity contribution in [2.45, 2.75) is 32.7 Å². The van der Waals surface area contributed by atoms with Crippen LogP contribution in [0.1, 0.15) is 32.0 Å². The van der Waals surface area contributed by atoms with Crippen LogP contribution in [-0.2, 0) is 12.0 Å². The van der Waals surface area contributed by atoms with Crippen LogP contribution in [0.4, 0.5) is 0 Å². The summed E-state index contributed by atoms with van der Waals surface area (Å²) in [5.74, 6) is 1.27. The van der Waals surface area contributed by atoms with Gasteiger partial charge >= 0.3 is 0 Å². The Morgan fingerprint density at radius 3 is 2.47 bits per heavy atom. The van der Waals surface area contributed by atoms with Gasteiger partial charge in [-0.15, -0.1) is 0 Å². The Balaban J connectivity index is 2.39. The Morgan fingerprint density at radius 1 is 1.11 bits per heavy atom. The van der Waals surface area contributed by atoms with Gasteiger partial charge in [0.25, 0.3) is 0 Å². The number of rotatable bonds is 3. The van der Waals surface area contributed by atoms with Crippen LogP contribution in [0.5, 0.6) is 11.6 Å². The summed E-state index contributed by atoms with van der Waals surface area (Å²) in [7, 11) is 0. The zero-order valence-electron chi connectivity index (χ0n) is 11.6. The van der Waals surface area contributed by atoms with E-state index in [1.165, 1.54) is 0 Å². The first-order valence-electron chi connectivity index (χ1n) is 6.29. The highest BCUT2D eigenvalue weighted by Gasteiger charge is 2.19. The number of benzene rings is 1. The van der Waals surface area contributed by atoms with Gasteiger partial charge in [0, 0.05) is 24.5 Å². The van der Waals surface area contributed by atoms with Crippen molar-refractivity contribution >= 4 is 0 Å². The average molecular weight is 257 g/mol. The fourth-order valence-corrected chi connectivity index (χ4v) is 1.86. The van der Waals surface area contributed by atoms with Gasteiger partial charge in [0.15, 0.2) is 0 Å². The van der Waals surface area contributed by atoms with Crippen molar-refractivity contribution in [3.63, 3.8) is 0 Å². The summed E-state index contributed by atoms with van der Waals surface area (Å²) in [6.45, 7) is 6.75. The van der Waals surface area contributed by atoms with E-state index in [-0.39, 0.29) is 5.41 Å². The summed E-state index contributed by atoms with van der Waals surface area (Å²) in [6.07, 6.45) is 3.22. The summed E-state index contributed by atoms with van der Waals surface area (Å²) in [5.41, 5.74) is 7.43. The molecule has 0 radical (unpaired) electrons. The van der Waals surface area contributed by atoms with E-state index in [1.54, 1.807) is 12.4 Å². The Bertz CT molecular complexity index is 561. The lowest BCUT2D eigenvalue weighted by Crippen LogP contribution is -2.13. The predicted octanol–water partition coefficient (Wildman–Crippen LogP) is 3.03. The molecule has 0 unspecified atom stereocenters. The van der Waals surface area contributed by atoms with Crippen LogP contribution >= 0.6 is 0 Å². The Labute approximate surface area is 113 Å². The van der Waals surface area contributed by atoms with Crippen LogP contribution in [0, 0.1) is 0 Å². The van der Waals surface area contributed by atoms with Crippen LogP contribution in [0.15, 0.2) is 36.7 Å². The fraction of sp³-hybridized carbons (Fsp3) is 0.333. The van der Waals surface area contributed by atoms with Gasteiger partial charge in [0.05, 0.1) is 0 Å². The monoisotopic (exact) mass is 257 g/mol. The number of para-hydroxylation sites is 1. The molecule has 0 aliphatic carbocycles. The molecule has 0 aliphatic rings. The number of aromatic nitrogens is 2. The lowest BCUT2D eigenvalue weighted by Gasteiger charge is -2.22. The second-order valence-electron chi connectivity index (χ2n) is 5.36. The molecule has 4 nitrogen and oxygen atoms in total. The van der Waals surface area contributed by atoms with E-state index < -0.39 is 0 Å². The van der Waals surface area contributed by atoms with Crippen LogP contribution in [-0.4, -0.2) is 9.97 Å². The molecule has 2 aromatic rings. The van der Waals surface area contributed by atoms with Crippen molar-refractivity contribution in [2.75, 3.05) is 0 Å². The molecule has 2 rings (SSSR count). The van der Waals surface area contributed by atoms with Crippen molar-refractivity contribution in [3.05, 3.63) is 47.9 Å². The summed E-state index contributed by atoms with van der Waals surface area (Å²) in [6, 6.07) is 7.96. The normalized spacial score (nSPS) is 11.4. The smallest absolute Gasteiger partial charge is 0.242 e. The number of ether oxygens (including phenoxy) is 1. The van der Waals surface area contributed by atoms with Crippen LogP contribution in [0.25, 0.3) is 0 Å². The van der Waals surface area contributed by atoms with Gasteiger partial charge in [-0.2, -0.15) is 0 Å². The van der Waals surface area contributed by atoms with Gasteiger partial charge in [-0.1, -0.05) is 39.0 Å². The summed E-state index contributed by atoms with van der Waals surface area (Å²) in [5, 5.41) is 0. The molecular formula is C15H19N3O. The average Bonchev–Trinajstić information content (AvgIpc) is 2.39. The molecular weight excluding hydrogens is 238 g/mol. The minimum absolute atomic E-state index is 0.00167. The van der Waals surface area contributed by atoms with Gasteiger partial charge in [-0.25, -0.2) is 4.98 Å². The third-order valence-electron chi connectivity index (χ3n) is 2.83. The van der Waals surface area contributed by atoms with E-state index in [1.807, 2.05) is 18.2 Å². The molecule has 0 saturated heterocycles. The lowest BCUT2D eigenvalue weighted by atomic mass is 9.86. The van der Waals surface area contributed by atoms with Crippen molar-refractivity contribution in [2.24, 2.45) is 5.73 Å². The maximum atomic E-state index is 5.90. The molecule has 0 saturated carbocycles. The van der Waals surface area contributed by atoms with E-state index in [0.29, 0.717) is 18.1 Å². The predicted molar refractivity (Wildman–Crippen MR) is 75.1 cm³/mol. The van der Waals surface area contributed by atoms with Crippen molar-refractivity contribution < 1.29 is 4.74 Å². The standard InChI is InChI=1S/C15H19N3O/c1-15(2,3)11-6-4-5-7-13(11)19-14-12(10-16)17-8-9-18-14/h4-9H,10,16H2,1-3H3. The van der Waals surface area contributed by atoms with E-state index in [4.69, 9.17) is 10.5 Å². The third-order valence-corrected chi connectivity index (χ3v) is 2.83. The number of hydrogen-bond donors (Lipinski definition) is 1. The van der Waals surface area contributed by atoms with Crippen molar-refractivity contribution in [1.82, 2.24) is 9.97 Å². The molecule has 19 heavy (non-hydrogen) atoms. The molecule has 100 valence electrons. The van der Waals surface area contributed by atoms with Gasteiger partial charge in [-0.3, -0.25) is 4.98 Å². The van der Waals surface area contributed by atoms with Crippen molar-refractivity contribution in [3.8, 4) is 11.6 Å². The molecule has 0 fully saturated rings. The van der Waals surface area contributed by atoms with Crippen LogP contribution in [0.3, 0.4) is 0 Å². The molecule has 2 N–H and O–H groups in total. The van der Waals surface area contributed by atoms with E-state index in [9.17, 15) is 0 Å². The molecule has 1 heterocycles. The molecule has 4 heteroatoms. The van der Waals surface area contributed by atoms with Crippen LogP contribution < -0.4 is 10.5 Å². The Kier molecular flexibility index (Phi) is 3.81. The van der Waals surface area contributed by atoms with Crippen molar-refractivity contribution in [1.29, 1.82) is 0 Å². The second kappa shape index (κ2) is 5.36. The highest BCUT2D eigenvalue weighted by atomic mass is 16.5. The second-order valence-corrected chi connectivity index (χ2v) is 5.36. The molecule has 1 aromatic carbocycles. The molecule has 0 bridgehead atoms. The molecule has 0 aliphatic heterocycles. The van der Waals surface area contributed by atoms with Gasteiger partial charge in [-0.05, 0) is 11.5 Å². The van der Waals surface area contributed by atoms with Gasteiger partial charge in [0.2, 0.25) is 5.88 Å². The number of nitrogens with two attached hydrogens (primary N) is 1. The minimum atomic E-state index is 0.00167. The first-order chi connectivity index (χ1) is 9.02. The largest absolute Gasteiger partial charge is 0.437 e. The summed E-state index contributed by atoms with van der Waals surface area (Å²) >= 11 is 0. The highest BCUT2D eigenvalue weighted by Crippen LogP contribution is 2.33. The first kappa shape index (κ1) is 13.5. The SMILES string of the molecule is CC(C)(C)c1ccccc1Oc1nccnc1CN. The zero-order chi connectivity index (χ0) is 13.9. The molecule has 1 aromatic heterocycles. The molecule has 0 amide bonds. The maximum absolute atomic E-state index is 5.90. The van der Waals surface area contributed by atoms with Crippen LogP contribution in [0.2, 0.25) is 0 Å². The Morgan fingerprint density at radius 2 is 1.79 bits per heavy atom. The quantitative estimate of drug-likeness (QED) is 0.918. The summed E-state index contributed by atoms with van der Waals surface area (Å²) < 4.78 is 5.90. The first-order valence-corrected chi connectivity index (χ1v) is 6.29. The fourth-order valence-electron chi connectivity index (χ4n) is 1.86. The third kappa shape index (κ3) is 3.09. The van der Waals surface area contributed by atoms with E-state index in [0.717, 1.165) is 11.3 Å². The Hall–Kier alpha value is -1.94. The minimum Gasteiger partial charge on any atom is -0.437 e. The highest BCUT2D eigenvalue weighted by molar-refractivity contribution is 5.40. The van der Waals surface area contributed by atoms with E-state index in [2.05, 4.69) is 36.8 Å². The van der Waals surface area contributed by atoms with Gasteiger partial charge in [0.1, 0.15) is 11.4 Å². The summed E-state index contributed by atoms with van der Waals surface area (Å²) in [4.78, 5) is 8.38. The lowest BCUT2D eigenvalue weighted by molar-refractivity contribution is 0.431.